The number of nitrogens with zero attached hydrogens (tertiary/aromatic N) is 1. The average Bonchev–Trinajstić information content (AvgIpc) is 2.04. The topological polar surface area (TPSA) is 20.3 Å². The summed E-state index contributed by atoms with van der Waals surface area (Å²) in [5.74, 6) is 0.672. The maximum Gasteiger partial charge on any atom is 0.137 e. The Morgan fingerprint density at radius 1 is 1.50 bits per heavy atom. The number of hydrogen-bond acceptors (Lipinski definition) is 2. The van der Waals surface area contributed by atoms with E-state index in [9.17, 15) is 4.79 Å². The molecule has 2 heteroatoms. The summed E-state index contributed by atoms with van der Waals surface area (Å²) in [6.45, 7) is 6.60. The minimum absolute atomic E-state index is 0.209. The van der Waals surface area contributed by atoms with Crippen LogP contribution in [0.1, 0.15) is 33.1 Å². The summed E-state index contributed by atoms with van der Waals surface area (Å²) in [6, 6.07) is 0.209. The lowest BCUT2D eigenvalue weighted by Gasteiger charge is -2.33. The number of rotatable bonds is 3. The summed E-state index contributed by atoms with van der Waals surface area (Å²) in [5.41, 5.74) is 0. The summed E-state index contributed by atoms with van der Waals surface area (Å²) in [7, 11) is 0. The fourth-order valence-corrected chi connectivity index (χ4v) is 1.87. The van der Waals surface area contributed by atoms with E-state index in [-0.39, 0.29) is 6.04 Å². The monoisotopic (exact) mass is 169 g/mol. The van der Waals surface area contributed by atoms with E-state index >= 15 is 0 Å². The van der Waals surface area contributed by atoms with Crippen molar-refractivity contribution in [3.8, 4) is 0 Å². The van der Waals surface area contributed by atoms with E-state index in [1.165, 1.54) is 12.8 Å². The zero-order valence-electron chi connectivity index (χ0n) is 8.12. The molecule has 2 nitrogen and oxygen atoms in total. The predicted molar refractivity (Wildman–Crippen MR) is 50.1 cm³/mol. The summed E-state index contributed by atoms with van der Waals surface area (Å²) < 4.78 is 0. The molecule has 1 saturated heterocycles. The average molecular weight is 169 g/mol. The first kappa shape index (κ1) is 9.72. The van der Waals surface area contributed by atoms with E-state index in [2.05, 4.69) is 18.7 Å². The van der Waals surface area contributed by atoms with Gasteiger partial charge < -0.3 is 4.79 Å². The molecule has 0 radical (unpaired) electrons. The highest BCUT2D eigenvalue weighted by atomic mass is 16.1. The van der Waals surface area contributed by atoms with Gasteiger partial charge in [0.2, 0.25) is 0 Å². The van der Waals surface area contributed by atoms with E-state index in [0.717, 1.165) is 25.8 Å². The maximum absolute atomic E-state index is 10.7. The molecule has 0 aromatic heterocycles. The quantitative estimate of drug-likeness (QED) is 0.599. The third-order valence-corrected chi connectivity index (χ3v) is 2.42. The van der Waals surface area contributed by atoms with Crippen LogP contribution in [-0.4, -0.2) is 30.3 Å². The third kappa shape index (κ3) is 2.59. The molecular weight excluding hydrogens is 150 g/mol. The molecule has 70 valence electrons. The first-order chi connectivity index (χ1) is 5.74. The predicted octanol–water partition coefficient (Wildman–Crippen LogP) is 1.70. The molecule has 1 heterocycles. The van der Waals surface area contributed by atoms with Crippen LogP contribution in [0.4, 0.5) is 0 Å². The SMILES string of the molecule is CC(C)CN1CCCC[C@@H]1C=O. The number of aldehydes is 1. The van der Waals surface area contributed by atoms with Crippen molar-refractivity contribution in [2.45, 2.75) is 39.2 Å². The minimum Gasteiger partial charge on any atom is -0.302 e. The molecule has 0 aliphatic carbocycles. The molecule has 1 atom stereocenters. The summed E-state index contributed by atoms with van der Waals surface area (Å²) in [4.78, 5) is 13.0. The van der Waals surface area contributed by atoms with Crippen LogP contribution in [0.25, 0.3) is 0 Å². The van der Waals surface area contributed by atoms with Gasteiger partial charge in [-0.15, -0.1) is 0 Å². The number of likely N-dealkylation sites (tertiary alicyclic amines) is 1. The molecule has 0 bridgehead atoms. The van der Waals surface area contributed by atoms with Gasteiger partial charge in [-0.05, 0) is 25.3 Å². The smallest absolute Gasteiger partial charge is 0.137 e. The second kappa shape index (κ2) is 4.61. The Balaban J connectivity index is 2.41. The maximum atomic E-state index is 10.7. The first-order valence-electron chi connectivity index (χ1n) is 4.93. The number of hydrogen-bond donors (Lipinski definition) is 0. The van der Waals surface area contributed by atoms with Crippen molar-refractivity contribution in [2.75, 3.05) is 13.1 Å². The largest absolute Gasteiger partial charge is 0.302 e. The summed E-state index contributed by atoms with van der Waals surface area (Å²) in [6.07, 6.45) is 4.66. The molecule has 0 aromatic rings. The van der Waals surface area contributed by atoms with Gasteiger partial charge in [0.1, 0.15) is 6.29 Å². The Bertz CT molecular complexity index is 145. The van der Waals surface area contributed by atoms with E-state index < -0.39 is 0 Å². The highest BCUT2D eigenvalue weighted by Gasteiger charge is 2.21. The molecule has 1 aliphatic rings. The molecule has 0 aromatic carbocycles. The molecule has 0 spiro atoms. The van der Waals surface area contributed by atoms with Gasteiger partial charge in [0.25, 0.3) is 0 Å². The standard InChI is InChI=1S/C10H19NO/c1-9(2)7-11-6-4-3-5-10(11)8-12/h8-10H,3-7H2,1-2H3/t10-/m1/s1. The van der Waals surface area contributed by atoms with Crippen LogP contribution in [-0.2, 0) is 4.79 Å². The van der Waals surface area contributed by atoms with Gasteiger partial charge in [-0.3, -0.25) is 4.90 Å². The number of carbonyl (C=O) groups excluding carboxylic acids is 1. The molecule has 0 amide bonds. The summed E-state index contributed by atoms with van der Waals surface area (Å²) in [5, 5.41) is 0. The Morgan fingerprint density at radius 2 is 2.25 bits per heavy atom. The molecule has 0 N–H and O–H groups in total. The van der Waals surface area contributed by atoms with Crippen LogP contribution in [0.5, 0.6) is 0 Å². The van der Waals surface area contributed by atoms with Crippen LogP contribution in [0.15, 0.2) is 0 Å². The van der Waals surface area contributed by atoms with Gasteiger partial charge in [-0.2, -0.15) is 0 Å². The Labute approximate surface area is 74.9 Å². The van der Waals surface area contributed by atoms with Gasteiger partial charge in [-0.25, -0.2) is 0 Å². The molecule has 1 rings (SSSR count). The van der Waals surface area contributed by atoms with E-state index in [1.807, 2.05) is 0 Å². The van der Waals surface area contributed by atoms with Crippen molar-refractivity contribution >= 4 is 6.29 Å². The van der Waals surface area contributed by atoms with E-state index in [0.29, 0.717) is 5.92 Å². The van der Waals surface area contributed by atoms with Crippen LogP contribution >= 0.6 is 0 Å². The Morgan fingerprint density at radius 3 is 2.83 bits per heavy atom. The minimum atomic E-state index is 0.209. The van der Waals surface area contributed by atoms with Crippen molar-refractivity contribution in [2.24, 2.45) is 5.92 Å². The normalized spacial score (nSPS) is 26.1. The van der Waals surface area contributed by atoms with Crippen LogP contribution in [0.2, 0.25) is 0 Å². The highest BCUT2D eigenvalue weighted by molar-refractivity contribution is 5.57. The van der Waals surface area contributed by atoms with Crippen molar-refractivity contribution in [3.63, 3.8) is 0 Å². The molecule has 1 aliphatic heterocycles. The second-order valence-corrected chi connectivity index (χ2v) is 4.09. The van der Waals surface area contributed by atoms with Gasteiger partial charge in [0, 0.05) is 6.54 Å². The van der Waals surface area contributed by atoms with Crippen molar-refractivity contribution in [1.82, 2.24) is 4.90 Å². The van der Waals surface area contributed by atoms with Gasteiger partial charge in [0.05, 0.1) is 6.04 Å². The van der Waals surface area contributed by atoms with Crippen LogP contribution < -0.4 is 0 Å². The lowest BCUT2D eigenvalue weighted by atomic mass is 10.0. The van der Waals surface area contributed by atoms with Gasteiger partial charge in [0.15, 0.2) is 0 Å². The molecule has 0 saturated carbocycles. The second-order valence-electron chi connectivity index (χ2n) is 4.09. The molecule has 12 heavy (non-hydrogen) atoms. The number of carbonyl (C=O) groups is 1. The van der Waals surface area contributed by atoms with Gasteiger partial charge >= 0.3 is 0 Å². The third-order valence-electron chi connectivity index (χ3n) is 2.42. The lowest BCUT2D eigenvalue weighted by Crippen LogP contribution is -2.42. The Kier molecular flexibility index (Phi) is 3.73. The van der Waals surface area contributed by atoms with Crippen molar-refractivity contribution in [3.05, 3.63) is 0 Å². The van der Waals surface area contributed by atoms with Crippen LogP contribution in [0.3, 0.4) is 0 Å². The Hall–Kier alpha value is -0.370. The first-order valence-corrected chi connectivity index (χ1v) is 4.93. The lowest BCUT2D eigenvalue weighted by molar-refractivity contribution is -0.113. The van der Waals surface area contributed by atoms with Crippen LogP contribution in [0, 0.1) is 5.92 Å². The molecule has 1 fully saturated rings. The van der Waals surface area contributed by atoms with Crippen molar-refractivity contribution in [1.29, 1.82) is 0 Å². The zero-order valence-corrected chi connectivity index (χ0v) is 8.12. The van der Waals surface area contributed by atoms with E-state index in [1.54, 1.807) is 0 Å². The fraction of sp³-hybridized carbons (Fsp3) is 0.900. The molecule has 0 unspecified atom stereocenters. The highest BCUT2D eigenvalue weighted by Crippen LogP contribution is 2.16. The van der Waals surface area contributed by atoms with Crippen molar-refractivity contribution < 1.29 is 4.79 Å². The summed E-state index contributed by atoms with van der Waals surface area (Å²) >= 11 is 0. The fourth-order valence-electron chi connectivity index (χ4n) is 1.87. The molecular formula is C10H19NO. The number of piperidine rings is 1. The van der Waals surface area contributed by atoms with Gasteiger partial charge in [-0.1, -0.05) is 20.3 Å². The zero-order chi connectivity index (χ0) is 8.97. The van der Waals surface area contributed by atoms with E-state index in [4.69, 9.17) is 0 Å².